The third-order valence-corrected chi connectivity index (χ3v) is 23.1. The van der Waals surface area contributed by atoms with Crippen LogP contribution in [0.25, 0.3) is 0 Å². The summed E-state index contributed by atoms with van der Waals surface area (Å²) in [7, 11) is -9.93. The van der Waals surface area contributed by atoms with Gasteiger partial charge in [0.25, 0.3) is 0 Å². The van der Waals surface area contributed by atoms with Crippen LogP contribution < -0.4 is 0 Å². The Morgan fingerprint density at radius 1 is 0.264 bits per heavy atom. The molecule has 0 aromatic carbocycles. The second-order valence-electron chi connectivity index (χ2n) is 31.8. The van der Waals surface area contributed by atoms with Crippen molar-refractivity contribution in [3.05, 3.63) is 0 Å². The molecule has 0 fully saturated rings. The highest BCUT2D eigenvalue weighted by molar-refractivity contribution is 7.47. The molecular weight excluding hydrogens is 1380 g/mol. The van der Waals surface area contributed by atoms with Gasteiger partial charge >= 0.3 is 39.5 Å². The second kappa shape index (κ2) is 78.3. The van der Waals surface area contributed by atoms with E-state index in [4.69, 9.17) is 37.0 Å². The summed E-state index contributed by atoms with van der Waals surface area (Å²) in [6, 6.07) is 0. The summed E-state index contributed by atoms with van der Waals surface area (Å²) in [5.41, 5.74) is 0. The van der Waals surface area contributed by atoms with Gasteiger partial charge in [-0.1, -0.05) is 414 Å². The summed E-state index contributed by atoms with van der Waals surface area (Å²) in [4.78, 5) is 73.3. The molecule has 4 unspecified atom stereocenters. The van der Waals surface area contributed by atoms with Crippen LogP contribution in [0, 0.1) is 11.8 Å². The summed E-state index contributed by atoms with van der Waals surface area (Å²) in [6.45, 7) is 9.74. The van der Waals surface area contributed by atoms with E-state index in [0.29, 0.717) is 25.7 Å². The summed E-state index contributed by atoms with van der Waals surface area (Å²) in [5.74, 6) is -0.472. The number of phosphoric acid groups is 2. The summed E-state index contributed by atoms with van der Waals surface area (Å²) in [5, 5.41) is 10.7. The van der Waals surface area contributed by atoms with Gasteiger partial charge in [-0.3, -0.25) is 37.3 Å². The van der Waals surface area contributed by atoms with Crippen molar-refractivity contribution in [3.8, 4) is 0 Å². The Kier molecular flexibility index (Phi) is 76.9. The molecule has 630 valence electrons. The minimum absolute atomic E-state index is 0.108. The zero-order chi connectivity index (χ0) is 77.8. The van der Waals surface area contributed by atoms with E-state index in [1.807, 2.05) is 0 Å². The minimum atomic E-state index is -4.97. The van der Waals surface area contributed by atoms with Gasteiger partial charge in [0.1, 0.15) is 19.3 Å². The van der Waals surface area contributed by atoms with Crippen LogP contribution >= 0.6 is 15.6 Å². The van der Waals surface area contributed by atoms with Crippen LogP contribution in [0.5, 0.6) is 0 Å². The highest BCUT2D eigenvalue weighted by Crippen LogP contribution is 2.45. The maximum absolute atomic E-state index is 13.2. The lowest BCUT2D eigenvalue weighted by atomic mass is 9.99. The summed E-state index contributed by atoms with van der Waals surface area (Å²) < 4.78 is 69.0. The molecule has 3 N–H and O–H groups in total. The van der Waals surface area contributed by atoms with Crippen LogP contribution in [0.4, 0.5) is 0 Å². The molecule has 0 radical (unpaired) electrons. The zero-order valence-corrected chi connectivity index (χ0v) is 71.5. The maximum Gasteiger partial charge on any atom is 0.472 e. The average Bonchev–Trinajstić information content (AvgIpc) is 0.902. The van der Waals surface area contributed by atoms with E-state index in [1.165, 1.54) is 283 Å². The number of hydrogen-bond acceptors (Lipinski definition) is 15. The first-order valence-corrected chi connectivity index (χ1v) is 48.1. The molecule has 0 aromatic rings. The summed E-state index contributed by atoms with van der Waals surface area (Å²) >= 11 is 0. The first-order chi connectivity index (χ1) is 51.4. The van der Waals surface area contributed by atoms with Crippen molar-refractivity contribution >= 4 is 39.5 Å². The van der Waals surface area contributed by atoms with Crippen LogP contribution in [0.2, 0.25) is 0 Å². The van der Waals surface area contributed by atoms with Gasteiger partial charge in [0.15, 0.2) is 12.2 Å². The second-order valence-corrected chi connectivity index (χ2v) is 34.7. The number of esters is 4. The van der Waals surface area contributed by atoms with Crippen molar-refractivity contribution in [2.45, 2.75) is 484 Å². The molecule has 0 heterocycles. The molecule has 0 spiro atoms. The number of rotatable bonds is 86. The van der Waals surface area contributed by atoms with E-state index in [9.17, 15) is 43.2 Å². The first kappa shape index (κ1) is 104. The molecule has 0 aromatic heterocycles. The Morgan fingerprint density at radius 2 is 0.453 bits per heavy atom. The van der Waals surface area contributed by atoms with Crippen LogP contribution in [0.15, 0.2) is 0 Å². The fourth-order valence-electron chi connectivity index (χ4n) is 13.5. The summed E-state index contributed by atoms with van der Waals surface area (Å²) in [6.07, 6.45) is 70.7. The Balaban J connectivity index is 5.26. The largest absolute Gasteiger partial charge is 0.472 e. The average molecular weight is 1550 g/mol. The van der Waals surface area contributed by atoms with Crippen molar-refractivity contribution in [1.29, 1.82) is 0 Å². The monoisotopic (exact) mass is 1550 g/mol. The van der Waals surface area contributed by atoms with Crippen LogP contribution in [0.3, 0.4) is 0 Å². The molecule has 0 aliphatic heterocycles. The highest BCUT2D eigenvalue weighted by Gasteiger charge is 2.30. The van der Waals surface area contributed by atoms with Crippen molar-refractivity contribution in [2.75, 3.05) is 39.6 Å². The van der Waals surface area contributed by atoms with E-state index in [2.05, 4.69) is 41.5 Å². The van der Waals surface area contributed by atoms with E-state index >= 15 is 0 Å². The quantitative estimate of drug-likeness (QED) is 0.0222. The third kappa shape index (κ3) is 77.4. The predicted molar refractivity (Wildman–Crippen MR) is 437 cm³/mol. The molecule has 19 heteroatoms. The van der Waals surface area contributed by atoms with Crippen molar-refractivity contribution in [2.24, 2.45) is 11.8 Å². The lowest BCUT2D eigenvalue weighted by Gasteiger charge is -2.21. The van der Waals surface area contributed by atoms with Gasteiger partial charge < -0.3 is 33.8 Å². The lowest BCUT2D eigenvalue weighted by molar-refractivity contribution is -0.161. The van der Waals surface area contributed by atoms with Crippen LogP contribution in [-0.2, 0) is 65.4 Å². The molecule has 106 heavy (non-hydrogen) atoms. The van der Waals surface area contributed by atoms with Gasteiger partial charge in [-0.2, -0.15) is 0 Å². The number of hydrogen-bond donors (Lipinski definition) is 3. The zero-order valence-electron chi connectivity index (χ0n) is 69.7. The van der Waals surface area contributed by atoms with Crippen LogP contribution in [0.1, 0.15) is 465 Å². The smallest absolute Gasteiger partial charge is 0.462 e. The molecule has 0 bridgehead atoms. The normalized spacial score (nSPS) is 14.3. The third-order valence-electron chi connectivity index (χ3n) is 21.2. The standard InChI is InChI=1S/C87H170O17P2/c1-7-11-13-15-17-19-21-23-25-27-28-29-30-32-38-42-46-54-60-66-72-86(91)103-82(75-97-84(89)69-63-57-51-44-40-36-34-33-35-39-43-49-55-61-67-79(5)9-3)77-101-105(93,94)99-73-81(88)74-100-106(95,96)102-78-83(76-98-85(90)70-64-58-52-48-47-50-56-62-68-80(6)10-4)104-87(92)71-65-59-53-45-41-37-31-26-24-22-20-18-16-14-12-8-2/h79-83,88H,7-78H2,1-6H3,(H,93,94)(H,95,96)/t79?,80?,81-,82-,83-/m1/s1. The van der Waals surface area contributed by atoms with Gasteiger partial charge in [0.2, 0.25) is 0 Å². The molecule has 7 atom stereocenters. The predicted octanol–water partition coefficient (Wildman–Crippen LogP) is 26.6. The van der Waals surface area contributed by atoms with E-state index < -0.39 is 97.5 Å². The van der Waals surface area contributed by atoms with Gasteiger partial charge in [-0.15, -0.1) is 0 Å². The Hall–Kier alpha value is -1.94. The first-order valence-electron chi connectivity index (χ1n) is 45.1. The van der Waals surface area contributed by atoms with Gasteiger partial charge in [-0.25, -0.2) is 9.13 Å². The minimum Gasteiger partial charge on any atom is -0.462 e. The van der Waals surface area contributed by atoms with Gasteiger partial charge in [0, 0.05) is 25.7 Å². The Labute approximate surface area is 651 Å². The Morgan fingerprint density at radius 3 is 0.670 bits per heavy atom. The fraction of sp³-hybridized carbons (Fsp3) is 0.954. The topological polar surface area (TPSA) is 237 Å². The highest BCUT2D eigenvalue weighted by atomic mass is 31.2. The number of carbonyl (C=O) groups is 4. The van der Waals surface area contributed by atoms with Crippen molar-refractivity contribution < 1.29 is 80.2 Å². The van der Waals surface area contributed by atoms with Gasteiger partial charge in [-0.05, 0) is 37.5 Å². The molecule has 0 rings (SSSR count). The van der Waals surface area contributed by atoms with Crippen molar-refractivity contribution in [1.82, 2.24) is 0 Å². The fourth-order valence-corrected chi connectivity index (χ4v) is 15.1. The lowest BCUT2D eigenvalue weighted by Crippen LogP contribution is -2.30. The molecule has 0 saturated carbocycles. The number of unbranched alkanes of at least 4 members (excludes halogenated alkanes) is 54. The SMILES string of the molecule is CCCCCCCCCCCCCCCCCCCCCCC(=O)O[C@H](COC(=O)CCCCCCCCCCCCCCCCC(C)CC)COP(=O)(O)OC[C@@H](O)COP(=O)(O)OC[C@@H](COC(=O)CCCCCCCCCCC(C)CC)OC(=O)CCCCCCCCCCCCCCCCCC. The number of aliphatic hydroxyl groups is 1. The maximum atomic E-state index is 13.2. The van der Waals surface area contributed by atoms with E-state index in [-0.39, 0.29) is 25.7 Å². The van der Waals surface area contributed by atoms with Crippen molar-refractivity contribution in [3.63, 3.8) is 0 Å². The van der Waals surface area contributed by atoms with E-state index in [0.717, 1.165) is 102 Å². The number of ether oxygens (including phenoxy) is 4. The van der Waals surface area contributed by atoms with E-state index in [1.54, 1.807) is 0 Å². The molecular formula is C87H170O17P2. The Bertz CT molecular complexity index is 2030. The molecule has 17 nitrogen and oxygen atoms in total. The number of aliphatic hydroxyl groups excluding tert-OH is 1. The molecule has 0 aliphatic rings. The van der Waals surface area contributed by atoms with Crippen LogP contribution in [-0.4, -0.2) is 96.7 Å². The molecule has 0 saturated heterocycles. The number of carbonyl (C=O) groups excluding carboxylic acids is 4. The molecule has 0 amide bonds. The van der Waals surface area contributed by atoms with Gasteiger partial charge in [0.05, 0.1) is 26.4 Å². The molecule has 0 aliphatic carbocycles. The number of phosphoric ester groups is 2.